The van der Waals surface area contributed by atoms with E-state index in [2.05, 4.69) is 5.32 Å². The van der Waals surface area contributed by atoms with E-state index in [-0.39, 0.29) is 30.7 Å². The minimum absolute atomic E-state index is 0.107. The molecule has 1 heterocycles. The number of non-ortho nitro benzene ring substituents is 1. The Morgan fingerprint density at radius 1 is 1.26 bits per heavy atom. The molecule has 142 valence electrons. The Morgan fingerprint density at radius 2 is 2.04 bits per heavy atom. The molecule has 9 heteroatoms. The minimum atomic E-state index is -0.521. The van der Waals surface area contributed by atoms with Crippen LogP contribution in [0.2, 0.25) is 0 Å². The molecule has 0 spiro atoms. The first-order valence-electron chi connectivity index (χ1n) is 8.15. The number of rotatable bonds is 7. The van der Waals surface area contributed by atoms with E-state index in [1.165, 1.54) is 25.3 Å². The molecule has 1 aliphatic rings. The number of fused-ring (bicyclic) bond motifs is 1. The maximum absolute atomic E-state index is 12.3. The normalized spacial score (nSPS) is 12.1. The smallest absolute Gasteiger partial charge is 0.273 e. The standard InChI is InChI=1S/C18H19N3O6/c1-20(9-12-3-6-15-17(7-12)27-11-26-15)10-18(22)19-14-5-4-13(21(23)24)8-16(14)25-2/h3-8H,9-11H2,1-2H3,(H,19,22). The predicted molar refractivity (Wildman–Crippen MR) is 97.2 cm³/mol. The lowest BCUT2D eigenvalue weighted by Crippen LogP contribution is -2.29. The number of nitro groups is 1. The van der Waals surface area contributed by atoms with Crippen LogP contribution in [0.1, 0.15) is 5.56 Å². The summed E-state index contributed by atoms with van der Waals surface area (Å²) in [5, 5.41) is 13.5. The molecule has 9 nitrogen and oxygen atoms in total. The van der Waals surface area contributed by atoms with Crippen molar-refractivity contribution in [2.45, 2.75) is 6.54 Å². The number of nitro benzene ring substituents is 1. The van der Waals surface area contributed by atoms with Crippen LogP contribution >= 0.6 is 0 Å². The van der Waals surface area contributed by atoms with E-state index in [4.69, 9.17) is 14.2 Å². The van der Waals surface area contributed by atoms with E-state index in [0.29, 0.717) is 23.7 Å². The molecule has 0 aromatic heterocycles. The maximum atomic E-state index is 12.3. The largest absolute Gasteiger partial charge is 0.494 e. The number of likely N-dealkylation sites (N-methyl/N-ethyl adjacent to an activating group) is 1. The van der Waals surface area contributed by atoms with Gasteiger partial charge in [-0.05, 0) is 30.8 Å². The van der Waals surface area contributed by atoms with Gasteiger partial charge in [0.05, 0.1) is 30.3 Å². The minimum Gasteiger partial charge on any atom is -0.494 e. The summed E-state index contributed by atoms with van der Waals surface area (Å²) >= 11 is 0. The highest BCUT2D eigenvalue weighted by Gasteiger charge is 2.16. The molecule has 0 aliphatic carbocycles. The average molecular weight is 373 g/mol. The molecular formula is C18H19N3O6. The van der Waals surface area contributed by atoms with Crippen LogP contribution in [0.15, 0.2) is 36.4 Å². The number of benzene rings is 2. The van der Waals surface area contributed by atoms with E-state index in [9.17, 15) is 14.9 Å². The SMILES string of the molecule is COc1cc([N+](=O)[O-])ccc1NC(=O)CN(C)Cc1ccc2c(c1)OCO2. The van der Waals surface area contributed by atoms with Crippen molar-refractivity contribution in [1.29, 1.82) is 0 Å². The van der Waals surface area contributed by atoms with Gasteiger partial charge in [0.15, 0.2) is 11.5 Å². The summed E-state index contributed by atoms with van der Waals surface area (Å²) in [5.41, 5.74) is 1.26. The number of carbonyl (C=O) groups excluding carboxylic acids is 1. The highest BCUT2D eigenvalue weighted by Crippen LogP contribution is 2.33. The second-order valence-electron chi connectivity index (χ2n) is 6.05. The molecule has 3 rings (SSSR count). The van der Waals surface area contributed by atoms with E-state index >= 15 is 0 Å². The summed E-state index contributed by atoms with van der Waals surface area (Å²) in [6.45, 7) is 0.893. The Hall–Kier alpha value is -3.33. The second kappa shape index (κ2) is 7.92. The summed E-state index contributed by atoms with van der Waals surface area (Å²) < 4.78 is 15.8. The zero-order valence-electron chi connectivity index (χ0n) is 14.9. The molecule has 0 saturated carbocycles. The van der Waals surface area contributed by atoms with Gasteiger partial charge in [-0.2, -0.15) is 0 Å². The Morgan fingerprint density at radius 3 is 2.78 bits per heavy atom. The molecule has 1 N–H and O–H groups in total. The van der Waals surface area contributed by atoms with Crippen molar-refractivity contribution in [2.24, 2.45) is 0 Å². The van der Waals surface area contributed by atoms with Crippen LogP contribution in [-0.4, -0.2) is 43.2 Å². The topological polar surface area (TPSA) is 103 Å². The fourth-order valence-corrected chi connectivity index (χ4v) is 2.74. The first kappa shape index (κ1) is 18.5. The summed E-state index contributed by atoms with van der Waals surface area (Å²) in [4.78, 5) is 24.4. The Labute approximate surface area is 155 Å². The van der Waals surface area contributed by atoms with Crippen LogP contribution in [0, 0.1) is 10.1 Å². The fraction of sp³-hybridized carbons (Fsp3) is 0.278. The molecular weight excluding hydrogens is 354 g/mol. The van der Waals surface area contributed by atoms with Gasteiger partial charge in [-0.1, -0.05) is 6.07 Å². The fourth-order valence-electron chi connectivity index (χ4n) is 2.74. The van der Waals surface area contributed by atoms with Crippen molar-refractivity contribution < 1.29 is 23.9 Å². The van der Waals surface area contributed by atoms with Gasteiger partial charge in [0.1, 0.15) is 5.75 Å². The Balaban J connectivity index is 1.59. The summed E-state index contributed by atoms with van der Waals surface area (Å²) in [7, 11) is 3.21. The van der Waals surface area contributed by atoms with Crippen LogP contribution in [0.4, 0.5) is 11.4 Å². The molecule has 2 aromatic rings. The van der Waals surface area contributed by atoms with E-state index in [0.717, 1.165) is 5.56 Å². The molecule has 0 saturated heterocycles. The number of ether oxygens (including phenoxy) is 3. The number of nitrogens with zero attached hydrogens (tertiary/aromatic N) is 2. The van der Waals surface area contributed by atoms with Gasteiger partial charge in [0.2, 0.25) is 12.7 Å². The van der Waals surface area contributed by atoms with Gasteiger partial charge in [-0.25, -0.2) is 0 Å². The van der Waals surface area contributed by atoms with Crippen LogP contribution in [-0.2, 0) is 11.3 Å². The lowest BCUT2D eigenvalue weighted by atomic mass is 10.2. The molecule has 0 atom stereocenters. The van der Waals surface area contributed by atoms with Crippen LogP contribution in [0.25, 0.3) is 0 Å². The maximum Gasteiger partial charge on any atom is 0.273 e. The van der Waals surface area contributed by atoms with Gasteiger partial charge in [-0.15, -0.1) is 0 Å². The lowest BCUT2D eigenvalue weighted by molar-refractivity contribution is -0.384. The second-order valence-corrected chi connectivity index (χ2v) is 6.05. The third kappa shape index (κ3) is 4.45. The summed E-state index contributed by atoms with van der Waals surface area (Å²) in [5.74, 6) is 1.38. The van der Waals surface area contributed by atoms with E-state index in [1.54, 1.807) is 0 Å². The zero-order valence-corrected chi connectivity index (χ0v) is 14.9. The molecule has 2 aromatic carbocycles. The van der Waals surface area contributed by atoms with Crippen molar-refractivity contribution in [3.05, 3.63) is 52.1 Å². The predicted octanol–water partition coefficient (Wildman–Crippen LogP) is 2.40. The first-order valence-corrected chi connectivity index (χ1v) is 8.15. The average Bonchev–Trinajstić information content (AvgIpc) is 3.09. The number of hydrogen-bond acceptors (Lipinski definition) is 7. The molecule has 27 heavy (non-hydrogen) atoms. The van der Waals surface area contributed by atoms with Gasteiger partial charge < -0.3 is 19.5 Å². The molecule has 1 aliphatic heterocycles. The van der Waals surface area contributed by atoms with Crippen LogP contribution in [0.5, 0.6) is 17.2 Å². The molecule has 0 radical (unpaired) electrons. The van der Waals surface area contributed by atoms with Crippen molar-refractivity contribution in [3.63, 3.8) is 0 Å². The van der Waals surface area contributed by atoms with Gasteiger partial charge in [-0.3, -0.25) is 19.8 Å². The number of methoxy groups -OCH3 is 1. The zero-order chi connectivity index (χ0) is 19.4. The Kier molecular flexibility index (Phi) is 5.41. The molecule has 1 amide bonds. The lowest BCUT2D eigenvalue weighted by Gasteiger charge is -2.17. The van der Waals surface area contributed by atoms with Crippen molar-refractivity contribution in [1.82, 2.24) is 4.90 Å². The number of carbonyl (C=O) groups is 1. The number of amides is 1. The van der Waals surface area contributed by atoms with E-state index < -0.39 is 4.92 Å². The van der Waals surface area contributed by atoms with Gasteiger partial charge in [0, 0.05) is 12.6 Å². The number of anilines is 1. The number of hydrogen-bond donors (Lipinski definition) is 1. The monoisotopic (exact) mass is 373 g/mol. The van der Waals surface area contributed by atoms with Crippen LogP contribution in [0.3, 0.4) is 0 Å². The van der Waals surface area contributed by atoms with Crippen LogP contribution < -0.4 is 19.5 Å². The third-order valence-electron chi connectivity index (χ3n) is 3.97. The summed E-state index contributed by atoms with van der Waals surface area (Å²) in [6.07, 6.45) is 0. The third-order valence-corrected chi connectivity index (χ3v) is 3.97. The van der Waals surface area contributed by atoms with Crippen molar-refractivity contribution in [2.75, 3.05) is 32.8 Å². The van der Waals surface area contributed by atoms with Gasteiger partial charge >= 0.3 is 0 Å². The highest BCUT2D eigenvalue weighted by molar-refractivity contribution is 5.93. The molecule has 0 bridgehead atoms. The first-order chi connectivity index (χ1) is 13.0. The highest BCUT2D eigenvalue weighted by atomic mass is 16.7. The van der Waals surface area contributed by atoms with Gasteiger partial charge in [0.25, 0.3) is 5.69 Å². The van der Waals surface area contributed by atoms with E-state index in [1.807, 2.05) is 30.1 Å². The molecule has 0 unspecified atom stereocenters. The number of nitrogens with one attached hydrogen (secondary N) is 1. The quantitative estimate of drug-likeness (QED) is 0.587. The summed E-state index contributed by atoms with van der Waals surface area (Å²) in [6, 6.07) is 9.68. The van der Waals surface area contributed by atoms with Crippen molar-refractivity contribution in [3.8, 4) is 17.2 Å². The Bertz CT molecular complexity index is 870. The van der Waals surface area contributed by atoms with Crippen molar-refractivity contribution >= 4 is 17.3 Å². The molecule has 0 fully saturated rings.